The van der Waals surface area contributed by atoms with Gasteiger partial charge in [-0.15, -0.1) is 0 Å². The maximum absolute atomic E-state index is 6.11. The predicted molar refractivity (Wildman–Crippen MR) is 84.4 cm³/mol. The first-order valence-corrected chi connectivity index (χ1v) is 7.05. The van der Waals surface area contributed by atoms with E-state index in [1.165, 1.54) is 0 Å². The van der Waals surface area contributed by atoms with Gasteiger partial charge in [-0.1, -0.05) is 29.3 Å². The number of furan rings is 1. The molecule has 3 aromatic rings. The largest absolute Gasteiger partial charge is 0.456 e. The van der Waals surface area contributed by atoms with E-state index in [2.05, 4.69) is 5.32 Å². The Bertz CT molecular complexity index is 764. The third-order valence-corrected chi connectivity index (χ3v) is 3.65. The highest BCUT2D eigenvalue weighted by atomic mass is 35.5. The number of fused-ring (bicyclic) bond motifs is 1. The van der Waals surface area contributed by atoms with Crippen molar-refractivity contribution in [1.82, 2.24) is 5.32 Å². The smallest absolute Gasteiger partial charge is 0.135 e. The second-order valence-corrected chi connectivity index (χ2v) is 5.50. The SMILES string of the molecule is CNCc1ccc(Cl)cc1-c1cc2cc(Cl)ccc2o1. The van der Waals surface area contributed by atoms with Gasteiger partial charge in [-0.2, -0.15) is 0 Å². The molecule has 0 atom stereocenters. The molecule has 1 N–H and O–H groups in total. The second-order valence-electron chi connectivity index (χ2n) is 4.62. The number of rotatable bonds is 3. The molecule has 4 heteroatoms. The lowest BCUT2D eigenvalue weighted by Crippen LogP contribution is -2.06. The maximum atomic E-state index is 6.11. The highest BCUT2D eigenvalue weighted by Gasteiger charge is 2.11. The third kappa shape index (κ3) is 2.55. The zero-order chi connectivity index (χ0) is 14.1. The average Bonchev–Trinajstić information content (AvgIpc) is 2.83. The molecule has 3 rings (SSSR count). The van der Waals surface area contributed by atoms with Crippen LogP contribution in [0.15, 0.2) is 46.9 Å². The van der Waals surface area contributed by atoms with Crippen molar-refractivity contribution in [3.63, 3.8) is 0 Å². The minimum absolute atomic E-state index is 0.693. The van der Waals surface area contributed by atoms with Crippen LogP contribution < -0.4 is 5.32 Å². The van der Waals surface area contributed by atoms with Crippen molar-refractivity contribution in [2.24, 2.45) is 0 Å². The molecular formula is C16H13Cl2NO. The molecule has 0 aliphatic rings. The Kier molecular flexibility index (Phi) is 3.70. The summed E-state index contributed by atoms with van der Waals surface area (Å²) in [5, 5.41) is 5.53. The second kappa shape index (κ2) is 5.49. The van der Waals surface area contributed by atoms with Crippen LogP contribution in [-0.4, -0.2) is 7.05 Å². The van der Waals surface area contributed by atoms with Crippen LogP contribution in [0.25, 0.3) is 22.3 Å². The first-order valence-electron chi connectivity index (χ1n) is 6.30. The topological polar surface area (TPSA) is 25.2 Å². The summed E-state index contributed by atoms with van der Waals surface area (Å²) >= 11 is 12.1. The molecule has 0 aliphatic heterocycles. The molecule has 0 fully saturated rings. The summed E-state index contributed by atoms with van der Waals surface area (Å²) in [5.74, 6) is 0.801. The summed E-state index contributed by atoms with van der Waals surface area (Å²) in [7, 11) is 1.91. The van der Waals surface area contributed by atoms with E-state index in [0.29, 0.717) is 10.0 Å². The van der Waals surface area contributed by atoms with Crippen molar-refractivity contribution >= 4 is 34.2 Å². The number of nitrogens with one attached hydrogen (secondary N) is 1. The molecule has 0 amide bonds. The first kappa shape index (κ1) is 13.5. The molecule has 20 heavy (non-hydrogen) atoms. The van der Waals surface area contributed by atoms with Gasteiger partial charge in [0.05, 0.1) is 0 Å². The summed E-state index contributed by atoms with van der Waals surface area (Å²) < 4.78 is 5.91. The van der Waals surface area contributed by atoms with Crippen molar-refractivity contribution in [3.05, 3.63) is 58.1 Å². The van der Waals surface area contributed by atoms with Crippen LogP contribution in [0.2, 0.25) is 10.0 Å². The molecule has 102 valence electrons. The van der Waals surface area contributed by atoms with Gasteiger partial charge in [0, 0.05) is 27.5 Å². The molecule has 1 heterocycles. The molecule has 0 unspecified atom stereocenters. The van der Waals surface area contributed by atoms with Crippen molar-refractivity contribution in [1.29, 1.82) is 0 Å². The number of halogens is 2. The van der Waals surface area contributed by atoms with E-state index in [9.17, 15) is 0 Å². The van der Waals surface area contributed by atoms with E-state index >= 15 is 0 Å². The zero-order valence-electron chi connectivity index (χ0n) is 10.9. The number of hydrogen-bond acceptors (Lipinski definition) is 2. The van der Waals surface area contributed by atoms with Crippen molar-refractivity contribution in [2.75, 3.05) is 7.05 Å². The molecule has 0 bridgehead atoms. The molecule has 0 spiro atoms. The molecule has 0 saturated heterocycles. The van der Waals surface area contributed by atoms with Crippen LogP contribution in [0.5, 0.6) is 0 Å². The highest BCUT2D eigenvalue weighted by Crippen LogP contribution is 2.33. The predicted octanol–water partition coefficient (Wildman–Crippen LogP) is 5.13. The highest BCUT2D eigenvalue weighted by molar-refractivity contribution is 6.31. The fraction of sp³-hybridized carbons (Fsp3) is 0.125. The van der Waals surface area contributed by atoms with Gasteiger partial charge in [-0.05, 0) is 49.0 Å². The van der Waals surface area contributed by atoms with Gasteiger partial charge >= 0.3 is 0 Å². The Hall–Kier alpha value is -1.48. The summed E-state index contributed by atoms with van der Waals surface area (Å²) in [5.41, 5.74) is 2.96. The Balaban J connectivity index is 2.16. The van der Waals surface area contributed by atoms with Crippen LogP contribution in [-0.2, 0) is 6.54 Å². The number of benzene rings is 2. The van der Waals surface area contributed by atoms with Crippen LogP contribution >= 0.6 is 23.2 Å². The third-order valence-electron chi connectivity index (χ3n) is 3.18. The van der Waals surface area contributed by atoms with E-state index in [1.807, 2.05) is 49.5 Å². The normalized spacial score (nSPS) is 11.2. The van der Waals surface area contributed by atoms with Gasteiger partial charge in [-0.25, -0.2) is 0 Å². The number of hydrogen-bond donors (Lipinski definition) is 1. The van der Waals surface area contributed by atoms with Crippen LogP contribution in [0.1, 0.15) is 5.56 Å². The van der Waals surface area contributed by atoms with E-state index < -0.39 is 0 Å². The Morgan fingerprint density at radius 2 is 1.75 bits per heavy atom. The summed E-state index contributed by atoms with van der Waals surface area (Å²) in [4.78, 5) is 0. The van der Waals surface area contributed by atoms with E-state index in [1.54, 1.807) is 0 Å². The molecular weight excluding hydrogens is 293 g/mol. The average molecular weight is 306 g/mol. The summed E-state index contributed by atoms with van der Waals surface area (Å²) in [6, 6.07) is 13.4. The van der Waals surface area contributed by atoms with Crippen molar-refractivity contribution in [3.8, 4) is 11.3 Å². The minimum Gasteiger partial charge on any atom is -0.456 e. The van der Waals surface area contributed by atoms with Gasteiger partial charge in [-0.3, -0.25) is 0 Å². The molecule has 1 aromatic heterocycles. The van der Waals surface area contributed by atoms with Gasteiger partial charge in [0.1, 0.15) is 11.3 Å². The standard InChI is InChI=1S/C16H13Cl2NO/c1-19-9-10-2-3-13(18)8-14(10)16-7-11-6-12(17)4-5-15(11)20-16/h2-8,19H,9H2,1H3. The Morgan fingerprint density at radius 1 is 1.00 bits per heavy atom. The zero-order valence-corrected chi connectivity index (χ0v) is 12.4. The lowest BCUT2D eigenvalue weighted by atomic mass is 10.0. The quantitative estimate of drug-likeness (QED) is 0.726. The Morgan fingerprint density at radius 3 is 2.55 bits per heavy atom. The minimum atomic E-state index is 0.693. The van der Waals surface area contributed by atoms with Gasteiger partial charge < -0.3 is 9.73 Å². The molecule has 0 saturated carbocycles. The van der Waals surface area contributed by atoms with Crippen LogP contribution in [0, 0.1) is 0 Å². The van der Waals surface area contributed by atoms with Gasteiger partial charge in [0.25, 0.3) is 0 Å². The molecule has 0 aliphatic carbocycles. The summed E-state index contributed by atoms with van der Waals surface area (Å²) in [6.45, 7) is 0.754. The van der Waals surface area contributed by atoms with Crippen molar-refractivity contribution in [2.45, 2.75) is 6.54 Å². The fourth-order valence-electron chi connectivity index (χ4n) is 2.27. The van der Waals surface area contributed by atoms with Crippen LogP contribution in [0.3, 0.4) is 0 Å². The van der Waals surface area contributed by atoms with E-state index in [0.717, 1.165) is 34.4 Å². The molecule has 2 nitrogen and oxygen atoms in total. The van der Waals surface area contributed by atoms with E-state index in [4.69, 9.17) is 27.6 Å². The maximum Gasteiger partial charge on any atom is 0.135 e. The van der Waals surface area contributed by atoms with Gasteiger partial charge in [0.2, 0.25) is 0 Å². The lowest BCUT2D eigenvalue weighted by molar-refractivity contribution is 0.630. The van der Waals surface area contributed by atoms with Crippen molar-refractivity contribution < 1.29 is 4.42 Å². The van der Waals surface area contributed by atoms with Crippen LogP contribution in [0.4, 0.5) is 0 Å². The fourth-order valence-corrected chi connectivity index (χ4v) is 2.62. The Labute approximate surface area is 127 Å². The van der Waals surface area contributed by atoms with Gasteiger partial charge in [0.15, 0.2) is 0 Å². The molecule has 0 radical (unpaired) electrons. The monoisotopic (exact) mass is 305 g/mol. The van der Waals surface area contributed by atoms with E-state index in [-0.39, 0.29) is 0 Å². The first-order chi connectivity index (χ1) is 9.67. The molecule has 2 aromatic carbocycles. The summed E-state index contributed by atoms with van der Waals surface area (Å²) in [6.07, 6.45) is 0. The lowest BCUT2D eigenvalue weighted by Gasteiger charge is -2.07.